The summed E-state index contributed by atoms with van der Waals surface area (Å²) < 4.78 is 29.1. The number of piperidine rings is 1. The third-order valence-corrected chi connectivity index (χ3v) is 8.35. The number of nitrogens with zero attached hydrogens (tertiary/aromatic N) is 2. The van der Waals surface area contributed by atoms with Crippen LogP contribution in [-0.4, -0.2) is 36.0 Å². The number of benzene rings is 1. The smallest absolute Gasteiger partial charge is 0.244 e. The molecule has 0 unspecified atom stereocenters. The lowest BCUT2D eigenvalue weighted by Gasteiger charge is -2.30. The predicted octanol–water partition coefficient (Wildman–Crippen LogP) is 4.15. The molecule has 8 heteroatoms. The summed E-state index contributed by atoms with van der Waals surface area (Å²) in [5.74, 6) is 0.361. The zero-order valence-electron chi connectivity index (χ0n) is 13.7. The normalized spacial score (nSPS) is 17.4. The first-order chi connectivity index (χ1) is 12.0. The van der Waals surface area contributed by atoms with Crippen LogP contribution >= 0.6 is 22.9 Å². The molecule has 5 nitrogen and oxygen atoms in total. The summed E-state index contributed by atoms with van der Waals surface area (Å²) in [6, 6.07) is 5.44. The highest BCUT2D eigenvalue weighted by Gasteiger charge is 2.33. The van der Waals surface area contributed by atoms with Crippen LogP contribution in [0.25, 0.3) is 10.1 Å². The first-order valence-electron chi connectivity index (χ1n) is 8.14. The Morgan fingerprint density at radius 3 is 2.76 bits per heavy atom. The van der Waals surface area contributed by atoms with Crippen LogP contribution in [0.5, 0.6) is 0 Å². The fraction of sp³-hybridized carbons (Fsp3) is 0.353. The van der Waals surface area contributed by atoms with Crippen LogP contribution in [0, 0.1) is 6.92 Å². The van der Waals surface area contributed by atoms with Crippen molar-refractivity contribution in [3.05, 3.63) is 46.1 Å². The molecule has 4 rings (SSSR count). The number of aromatic nitrogens is 2. The number of halogens is 1. The number of rotatable bonds is 3. The van der Waals surface area contributed by atoms with Crippen molar-refractivity contribution in [3.63, 3.8) is 0 Å². The summed E-state index contributed by atoms with van der Waals surface area (Å²) >= 11 is 7.60. The lowest BCUT2D eigenvalue weighted by Crippen LogP contribution is -2.38. The molecular formula is C17H18ClN3O2S2. The van der Waals surface area contributed by atoms with E-state index >= 15 is 0 Å². The average molecular weight is 396 g/mol. The van der Waals surface area contributed by atoms with E-state index in [9.17, 15) is 8.42 Å². The van der Waals surface area contributed by atoms with Gasteiger partial charge in [-0.1, -0.05) is 11.6 Å². The molecule has 132 valence electrons. The van der Waals surface area contributed by atoms with E-state index < -0.39 is 10.0 Å². The number of H-pyrrole nitrogens is 1. The predicted molar refractivity (Wildman–Crippen MR) is 101 cm³/mol. The quantitative estimate of drug-likeness (QED) is 0.724. The van der Waals surface area contributed by atoms with Crippen molar-refractivity contribution in [2.75, 3.05) is 13.1 Å². The van der Waals surface area contributed by atoms with Crippen molar-refractivity contribution in [3.8, 4) is 0 Å². The molecule has 3 heterocycles. The minimum atomic E-state index is -3.52. The van der Waals surface area contributed by atoms with Gasteiger partial charge in [0.15, 0.2) is 0 Å². The van der Waals surface area contributed by atoms with E-state index in [-0.39, 0.29) is 0 Å². The Bertz CT molecular complexity index is 1000. The number of sulfonamides is 1. The molecule has 3 aromatic rings. The topological polar surface area (TPSA) is 66.1 Å². The molecule has 0 radical (unpaired) electrons. The molecule has 0 bridgehead atoms. The number of thiophene rings is 1. The molecule has 25 heavy (non-hydrogen) atoms. The third kappa shape index (κ3) is 2.99. The highest BCUT2D eigenvalue weighted by Crippen LogP contribution is 2.38. The molecule has 0 atom stereocenters. The second-order valence-electron chi connectivity index (χ2n) is 6.34. The van der Waals surface area contributed by atoms with Gasteiger partial charge in [-0.25, -0.2) is 8.42 Å². The van der Waals surface area contributed by atoms with Gasteiger partial charge in [-0.05, 0) is 49.4 Å². The molecular weight excluding hydrogens is 378 g/mol. The van der Waals surface area contributed by atoms with Crippen molar-refractivity contribution < 1.29 is 8.42 Å². The molecule has 0 saturated carbocycles. The maximum atomic E-state index is 13.3. The van der Waals surface area contributed by atoms with Crippen LogP contribution in [-0.2, 0) is 10.0 Å². The molecule has 0 amide bonds. The van der Waals surface area contributed by atoms with E-state index in [1.807, 2.05) is 25.4 Å². The van der Waals surface area contributed by atoms with Gasteiger partial charge in [0.25, 0.3) is 0 Å². The zero-order chi connectivity index (χ0) is 17.6. The Morgan fingerprint density at radius 1 is 1.32 bits per heavy atom. The molecule has 1 N–H and O–H groups in total. The molecule has 1 aliphatic heterocycles. The Labute approximate surface area is 155 Å². The van der Waals surface area contributed by atoms with Crippen molar-refractivity contribution in [1.82, 2.24) is 14.5 Å². The number of aromatic amines is 1. The van der Waals surface area contributed by atoms with Gasteiger partial charge < -0.3 is 0 Å². The molecule has 0 aliphatic carbocycles. The Kier molecular flexibility index (Phi) is 4.35. The molecule has 1 aromatic carbocycles. The lowest BCUT2D eigenvalue weighted by atomic mass is 9.93. The number of aryl methyl sites for hydroxylation is 1. The van der Waals surface area contributed by atoms with Crippen LogP contribution in [0.1, 0.15) is 29.2 Å². The van der Waals surface area contributed by atoms with Crippen LogP contribution in [0.2, 0.25) is 5.02 Å². The lowest BCUT2D eigenvalue weighted by molar-refractivity contribution is 0.320. The summed E-state index contributed by atoms with van der Waals surface area (Å²) in [4.78, 5) is 1.23. The van der Waals surface area contributed by atoms with Gasteiger partial charge in [0, 0.05) is 39.3 Å². The average Bonchev–Trinajstić information content (AvgIpc) is 3.22. The Morgan fingerprint density at radius 2 is 2.08 bits per heavy atom. The van der Waals surface area contributed by atoms with Gasteiger partial charge in [-0.3, -0.25) is 5.10 Å². The van der Waals surface area contributed by atoms with Crippen LogP contribution in [0.4, 0.5) is 0 Å². The molecule has 1 fully saturated rings. The number of hydrogen-bond donors (Lipinski definition) is 1. The Hall–Kier alpha value is -1.41. The fourth-order valence-electron chi connectivity index (χ4n) is 3.53. The highest BCUT2D eigenvalue weighted by atomic mass is 35.5. The highest BCUT2D eigenvalue weighted by molar-refractivity contribution is 7.89. The van der Waals surface area contributed by atoms with E-state index in [1.54, 1.807) is 16.4 Å². The maximum absolute atomic E-state index is 13.3. The van der Waals surface area contributed by atoms with Gasteiger partial charge in [-0.2, -0.15) is 9.40 Å². The first-order valence-corrected chi connectivity index (χ1v) is 10.8. The fourth-order valence-corrected chi connectivity index (χ4v) is 6.91. The Balaban J connectivity index is 1.65. The summed E-state index contributed by atoms with van der Waals surface area (Å²) in [6.07, 6.45) is 5.34. The van der Waals surface area contributed by atoms with Gasteiger partial charge in [0.1, 0.15) is 4.90 Å². The van der Waals surface area contributed by atoms with Crippen molar-refractivity contribution >= 4 is 43.0 Å². The number of hydrogen-bond acceptors (Lipinski definition) is 4. The monoisotopic (exact) mass is 395 g/mol. The first kappa shape index (κ1) is 17.0. The van der Waals surface area contributed by atoms with Crippen LogP contribution in [0.3, 0.4) is 0 Å². The largest absolute Gasteiger partial charge is 0.285 e. The molecule has 2 aromatic heterocycles. The standard InChI is InChI=1S/C17H18ClN3O2S2/c1-11-17(15-8-14(18)2-3-16(15)24-11)25(22,23)21-6-4-12(5-7-21)13-9-19-20-10-13/h2-3,8-10,12H,4-7H2,1H3,(H,19,20). The van der Waals surface area contributed by atoms with E-state index in [2.05, 4.69) is 10.2 Å². The third-order valence-electron chi connectivity index (χ3n) is 4.81. The van der Waals surface area contributed by atoms with Gasteiger partial charge in [0.2, 0.25) is 10.0 Å². The minimum absolute atomic E-state index is 0.361. The summed E-state index contributed by atoms with van der Waals surface area (Å²) in [6.45, 7) is 2.91. The maximum Gasteiger partial charge on any atom is 0.244 e. The van der Waals surface area contributed by atoms with Gasteiger partial charge in [0.05, 0.1) is 6.20 Å². The minimum Gasteiger partial charge on any atom is -0.285 e. The second kappa shape index (κ2) is 6.39. The molecule has 1 saturated heterocycles. The van der Waals surface area contributed by atoms with E-state index in [4.69, 9.17) is 11.6 Å². The van der Waals surface area contributed by atoms with Gasteiger partial charge in [-0.15, -0.1) is 11.3 Å². The summed E-state index contributed by atoms with van der Waals surface area (Å²) in [5, 5.41) is 8.11. The summed E-state index contributed by atoms with van der Waals surface area (Å²) in [5.41, 5.74) is 1.15. The zero-order valence-corrected chi connectivity index (χ0v) is 16.1. The molecule has 1 aliphatic rings. The SMILES string of the molecule is Cc1sc2ccc(Cl)cc2c1S(=O)(=O)N1CCC(c2cn[nH]c2)CC1. The number of fused-ring (bicyclic) bond motifs is 1. The van der Waals surface area contributed by atoms with Crippen LogP contribution in [0.15, 0.2) is 35.5 Å². The van der Waals surface area contributed by atoms with E-state index in [0.29, 0.717) is 28.9 Å². The second-order valence-corrected chi connectivity index (χ2v) is 9.91. The van der Waals surface area contributed by atoms with Crippen molar-refractivity contribution in [2.24, 2.45) is 0 Å². The number of nitrogens with one attached hydrogen (secondary N) is 1. The van der Waals surface area contributed by atoms with E-state index in [1.165, 1.54) is 11.3 Å². The summed E-state index contributed by atoms with van der Waals surface area (Å²) in [7, 11) is -3.52. The van der Waals surface area contributed by atoms with E-state index in [0.717, 1.165) is 33.4 Å². The van der Waals surface area contributed by atoms with Gasteiger partial charge >= 0.3 is 0 Å². The van der Waals surface area contributed by atoms with Crippen molar-refractivity contribution in [2.45, 2.75) is 30.6 Å². The molecule has 0 spiro atoms. The van der Waals surface area contributed by atoms with Crippen LogP contribution < -0.4 is 0 Å². The van der Waals surface area contributed by atoms with Crippen molar-refractivity contribution in [1.29, 1.82) is 0 Å².